The summed E-state index contributed by atoms with van der Waals surface area (Å²) in [6.07, 6.45) is 2.93. The molecule has 0 saturated carbocycles. The molecule has 1 aliphatic heterocycles. The molecule has 2 aromatic heterocycles. The van der Waals surface area contributed by atoms with Gasteiger partial charge < -0.3 is 10.2 Å². The molecule has 2 aromatic rings. The second kappa shape index (κ2) is 6.12. The van der Waals surface area contributed by atoms with E-state index in [9.17, 15) is 0 Å². The zero-order chi connectivity index (χ0) is 14.8. The van der Waals surface area contributed by atoms with Gasteiger partial charge in [0.15, 0.2) is 5.11 Å². The predicted molar refractivity (Wildman–Crippen MR) is 91.5 cm³/mol. The quantitative estimate of drug-likeness (QED) is 0.867. The third kappa shape index (κ3) is 2.68. The molecule has 1 N–H and O–H groups in total. The Kier molecular flexibility index (Phi) is 4.22. The minimum atomic E-state index is 0.127. The van der Waals surface area contributed by atoms with Crippen LogP contribution in [-0.2, 0) is 0 Å². The highest BCUT2D eigenvalue weighted by Gasteiger charge is 2.40. The highest BCUT2D eigenvalue weighted by molar-refractivity contribution is 7.80. The van der Waals surface area contributed by atoms with Crippen molar-refractivity contribution in [2.45, 2.75) is 32.4 Å². The molecule has 0 aromatic carbocycles. The molecule has 0 radical (unpaired) electrons. The molecule has 3 heterocycles. The molecule has 0 aliphatic carbocycles. The van der Waals surface area contributed by atoms with Crippen LogP contribution in [0.15, 0.2) is 35.8 Å². The minimum absolute atomic E-state index is 0.127. The van der Waals surface area contributed by atoms with E-state index in [1.807, 2.05) is 29.7 Å². The van der Waals surface area contributed by atoms with Gasteiger partial charge in [0, 0.05) is 17.6 Å². The van der Waals surface area contributed by atoms with Gasteiger partial charge in [-0.3, -0.25) is 4.98 Å². The predicted octanol–water partition coefficient (Wildman–Crippen LogP) is 3.83. The lowest BCUT2D eigenvalue weighted by Crippen LogP contribution is -2.30. The lowest BCUT2D eigenvalue weighted by Gasteiger charge is -2.27. The number of hydrogen-bond donors (Lipinski definition) is 1. The van der Waals surface area contributed by atoms with E-state index >= 15 is 0 Å². The molecule has 1 saturated heterocycles. The highest BCUT2D eigenvalue weighted by atomic mass is 32.1. The average molecular weight is 317 g/mol. The van der Waals surface area contributed by atoms with E-state index in [1.165, 1.54) is 10.4 Å². The Morgan fingerprint density at radius 3 is 2.86 bits per heavy atom. The van der Waals surface area contributed by atoms with Gasteiger partial charge in [0.25, 0.3) is 0 Å². The van der Waals surface area contributed by atoms with Crippen LogP contribution in [0.5, 0.6) is 0 Å². The summed E-state index contributed by atoms with van der Waals surface area (Å²) < 4.78 is 0. The minimum Gasteiger partial charge on any atom is -0.352 e. The molecule has 2 unspecified atom stereocenters. The van der Waals surface area contributed by atoms with Crippen LogP contribution >= 0.6 is 23.6 Å². The van der Waals surface area contributed by atoms with Crippen molar-refractivity contribution in [3.8, 4) is 0 Å². The molecule has 5 heteroatoms. The van der Waals surface area contributed by atoms with Gasteiger partial charge in [0.1, 0.15) is 0 Å². The number of thiocarbonyl (C=S) groups is 1. The van der Waals surface area contributed by atoms with Crippen molar-refractivity contribution in [3.63, 3.8) is 0 Å². The summed E-state index contributed by atoms with van der Waals surface area (Å²) in [6.45, 7) is 5.33. The maximum atomic E-state index is 5.57. The molecule has 21 heavy (non-hydrogen) atoms. The first-order valence-corrected chi connectivity index (χ1v) is 8.53. The van der Waals surface area contributed by atoms with Crippen molar-refractivity contribution >= 4 is 28.7 Å². The van der Waals surface area contributed by atoms with Crippen molar-refractivity contribution in [1.82, 2.24) is 15.2 Å². The monoisotopic (exact) mass is 317 g/mol. The summed E-state index contributed by atoms with van der Waals surface area (Å²) >= 11 is 7.38. The van der Waals surface area contributed by atoms with Crippen LogP contribution in [0.3, 0.4) is 0 Å². The van der Waals surface area contributed by atoms with Crippen LogP contribution in [0.25, 0.3) is 0 Å². The number of thiophene rings is 1. The van der Waals surface area contributed by atoms with E-state index < -0.39 is 0 Å². The fourth-order valence-corrected chi connectivity index (χ4v) is 4.27. The zero-order valence-electron chi connectivity index (χ0n) is 12.2. The van der Waals surface area contributed by atoms with Crippen molar-refractivity contribution in [3.05, 3.63) is 52.0 Å². The van der Waals surface area contributed by atoms with E-state index in [-0.39, 0.29) is 12.1 Å². The van der Waals surface area contributed by atoms with Gasteiger partial charge in [-0.2, -0.15) is 0 Å². The molecule has 0 amide bonds. The second-order valence-electron chi connectivity index (χ2n) is 5.29. The first-order valence-electron chi connectivity index (χ1n) is 7.24. The standard InChI is InChI=1S/C16H19N3S2/c1-3-9-19-14(15-11(2)7-10-21-15)13(18-16(19)20)12-6-4-5-8-17-12/h4-8,10,13-14H,3,9H2,1-2H3,(H,18,20). The fraction of sp³-hybridized carbons (Fsp3) is 0.375. The fourth-order valence-electron chi connectivity index (χ4n) is 2.86. The summed E-state index contributed by atoms with van der Waals surface area (Å²) in [5.41, 5.74) is 2.38. The molecule has 1 aliphatic rings. The van der Waals surface area contributed by atoms with Gasteiger partial charge >= 0.3 is 0 Å². The third-order valence-electron chi connectivity index (χ3n) is 3.83. The van der Waals surface area contributed by atoms with E-state index in [0.717, 1.165) is 23.8 Å². The average Bonchev–Trinajstić information content (AvgIpc) is 3.05. The lowest BCUT2D eigenvalue weighted by molar-refractivity contribution is 0.321. The Morgan fingerprint density at radius 1 is 1.38 bits per heavy atom. The van der Waals surface area contributed by atoms with E-state index in [2.05, 4.69) is 46.6 Å². The molecule has 110 valence electrons. The highest BCUT2D eigenvalue weighted by Crippen LogP contribution is 2.41. The van der Waals surface area contributed by atoms with Gasteiger partial charge in [-0.1, -0.05) is 13.0 Å². The Balaban J connectivity index is 2.03. The van der Waals surface area contributed by atoms with Gasteiger partial charge in [0.2, 0.25) is 0 Å². The smallest absolute Gasteiger partial charge is 0.170 e. The number of nitrogens with one attached hydrogen (secondary N) is 1. The topological polar surface area (TPSA) is 28.2 Å². The van der Waals surface area contributed by atoms with Crippen LogP contribution in [0.2, 0.25) is 0 Å². The summed E-state index contributed by atoms with van der Waals surface area (Å²) in [7, 11) is 0. The van der Waals surface area contributed by atoms with Crippen LogP contribution in [0.1, 0.15) is 41.6 Å². The largest absolute Gasteiger partial charge is 0.352 e. The van der Waals surface area contributed by atoms with Crippen molar-refractivity contribution in [1.29, 1.82) is 0 Å². The number of aryl methyl sites for hydroxylation is 1. The van der Waals surface area contributed by atoms with Crippen LogP contribution < -0.4 is 5.32 Å². The normalized spacial score (nSPS) is 21.6. The molecule has 2 atom stereocenters. The van der Waals surface area contributed by atoms with Gasteiger partial charge in [-0.05, 0) is 54.7 Å². The Labute approximate surface area is 135 Å². The maximum Gasteiger partial charge on any atom is 0.170 e. The third-order valence-corrected chi connectivity index (χ3v) is 5.27. The number of rotatable bonds is 4. The van der Waals surface area contributed by atoms with Gasteiger partial charge in [-0.25, -0.2) is 0 Å². The summed E-state index contributed by atoms with van der Waals surface area (Å²) in [5.74, 6) is 0. The molecule has 3 nitrogen and oxygen atoms in total. The molecule has 1 fully saturated rings. The number of pyridine rings is 1. The first-order chi connectivity index (χ1) is 10.2. The Bertz CT molecular complexity index is 623. The summed E-state index contributed by atoms with van der Waals surface area (Å²) in [6, 6.07) is 8.61. The lowest BCUT2D eigenvalue weighted by atomic mass is 10.0. The molecule has 0 bridgehead atoms. The van der Waals surface area contributed by atoms with E-state index in [1.54, 1.807) is 0 Å². The van der Waals surface area contributed by atoms with Crippen LogP contribution in [-0.4, -0.2) is 21.5 Å². The first kappa shape index (κ1) is 14.5. The second-order valence-corrected chi connectivity index (χ2v) is 6.62. The van der Waals surface area contributed by atoms with E-state index in [4.69, 9.17) is 12.2 Å². The number of aromatic nitrogens is 1. The Hall–Kier alpha value is -1.46. The van der Waals surface area contributed by atoms with Gasteiger partial charge in [-0.15, -0.1) is 11.3 Å². The summed E-state index contributed by atoms with van der Waals surface area (Å²) in [4.78, 5) is 8.23. The molecule has 3 rings (SSSR count). The molecular weight excluding hydrogens is 298 g/mol. The summed E-state index contributed by atoms with van der Waals surface area (Å²) in [5, 5.41) is 6.47. The van der Waals surface area contributed by atoms with Crippen LogP contribution in [0, 0.1) is 6.92 Å². The van der Waals surface area contributed by atoms with Crippen molar-refractivity contribution in [2.24, 2.45) is 0 Å². The molecular formula is C16H19N3S2. The zero-order valence-corrected chi connectivity index (χ0v) is 13.9. The Morgan fingerprint density at radius 2 is 2.24 bits per heavy atom. The SMILES string of the molecule is CCCN1C(=S)NC(c2ccccn2)C1c1sccc1C. The van der Waals surface area contributed by atoms with Gasteiger partial charge in [0.05, 0.1) is 17.8 Å². The van der Waals surface area contributed by atoms with E-state index in [0.29, 0.717) is 0 Å². The maximum absolute atomic E-state index is 5.57. The number of hydrogen-bond acceptors (Lipinski definition) is 3. The molecule has 0 spiro atoms. The van der Waals surface area contributed by atoms with Crippen molar-refractivity contribution < 1.29 is 0 Å². The number of nitrogens with zero attached hydrogens (tertiary/aromatic N) is 2. The van der Waals surface area contributed by atoms with Crippen LogP contribution in [0.4, 0.5) is 0 Å². The van der Waals surface area contributed by atoms with Crippen molar-refractivity contribution in [2.75, 3.05) is 6.54 Å².